The van der Waals surface area contributed by atoms with Crippen LogP contribution in [0.15, 0.2) is 62.7 Å². The van der Waals surface area contributed by atoms with E-state index in [1.807, 2.05) is 0 Å². The van der Waals surface area contributed by atoms with Gasteiger partial charge in [-0.3, -0.25) is 9.69 Å². The van der Waals surface area contributed by atoms with Gasteiger partial charge in [0.2, 0.25) is 0 Å². The molecule has 2 aromatic rings. The van der Waals surface area contributed by atoms with E-state index in [9.17, 15) is 22.0 Å². The third kappa shape index (κ3) is 4.09. The molecule has 0 N–H and O–H groups in total. The van der Waals surface area contributed by atoms with Crippen LogP contribution >= 0.6 is 11.8 Å². The summed E-state index contributed by atoms with van der Waals surface area (Å²) in [6, 6.07) is 10.2. The maximum absolute atomic E-state index is 13.8. The molecule has 2 aromatic carbocycles. The Morgan fingerprint density at radius 1 is 1.11 bits per heavy atom. The highest BCUT2D eigenvalue weighted by atomic mass is 32.2. The van der Waals surface area contributed by atoms with Crippen LogP contribution in [0, 0.1) is 11.6 Å². The molecule has 0 unspecified atom stereocenters. The number of hydrogen-bond donors (Lipinski definition) is 0. The first-order chi connectivity index (χ1) is 12.8. The van der Waals surface area contributed by atoms with Crippen molar-refractivity contribution in [1.82, 2.24) is 4.90 Å². The molecule has 1 heterocycles. The fraction of sp³-hybridized carbons (Fsp3) is 0.111. The molecule has 0 saturated carbocycles. The number of sulfonamides is 1. The average molecular weight is 408 g/mol. The molecule has 5 nitrogen and oxygen atoms in total. The normalized spacial score (nSPS) is 17.9. The molecule has 0 bridgehead atoms. The zero-order valence-electron chi connectivity index (χ0n) is 14.1. The minimum Gasteiger partial charge on any atom is -0.286 e. The third-order valence-corrected chi connectivity index (χ3v) is 6.11. The van der Waals surface area contributed by atoms with E-state index in [-0.39, 0.29) is 27.1 Å². The number of amides is 1. The molecule has 9 heteroatoms. The highest BCUT2D eigenvalue weighted by Gasteiger charge is 2.34. The van der Waals surface area contributed by atoms with E-state index in [1.54, 1.807) is 13.0 Å². The van der Waals surface area contributed by atoms with Gasteiger partial charge in [-0.25, -0.2) is 8.78 Å². The van der Waals surface area contributed by atoms with Crippen LogP contribution in [0.1, 0.15) is 12.5 Å². The van der Waals surface area contributed by atoms with Gasteiger partial charge >= 0.3 is 0 Å². The van der Waals surface area contributed by atoms with Crippen molar-refractivity contribution in [3.63, 3.8) is 0 Å². The Kier molecular flexibility index (Phi) is 5.43. The Labute approximate surface area is 159 Å². The lowest BCUT2D eigenvalue weighted by atomic mass is 10.2. The summed E-state index contributed by atoms with van der Waals surface area (Å²) in [5, 5.41) is -0.0329. The zero-order valence-corrected chi connectivity index (χ0v) is 15.7. The van der Waals surface area contributed by atoms with Crippen molar-refractivity contribution < 1.29 is 22.0 Å². The van der Waals surface area contributed by atoms with E-state index in [0.29, 0.717) is 0 Å². The molecule has 3 rings (SSSR count). The number of amidine groups is 1. The molecule has 0 radical (unpaired) electrons. The lowest BCUT2D eigenvalue weighted by molar-refractivity contribution is -0.122. The maximum Gasteiger partial charge on any atom is 0.284 e. The van der Waals surface area contributed by atoms with Gasteiger partial charge in [-0.15, -0.1) is 4.40 Å². The topological polar surface area (TPSA) is 66.8 Å². The van der Waals surface area contributed by atoms with Crippen LogP contribution in [-0.2, 0) is 14.8 Å². The standard InChI is InChI=1S/C18H14F2N2O3S2/c1-2-22-17(23)16(11-12-5-3-4-6-15(12)20)26-18(22)21-27(24,25)14-9-7-13(19)8-10-14/h3-11H,2H2,1H3/b16-11-,21-18+. The van der Waals surface area contributed by atoms with Crippen molar-refractivity contribution in [3.05, 3.63) is 70.6 Å². The fourth-order valence-corrected chi connectivity index (χ4v) is 4.59. The summed E-state index contributed by atoms with van der Waals surface area (Å²) in [6.07, 6.45) is 1.36. The quantitative estimate of drug-likeness (QED) is 0.725. The van der Waals surface area contributed by atoms with Gasteiger partial charge in [0.15, 0.2) is 5.17 Å². The molecule has 1 fully saturated rings. The number of nitrogens with zero attached hydrogens (tertiary/aromatic N) is 2. The van der Waals surface area contributed by atoms with Gasteiger partial charge in [0.05, 0.1) is 9.80 Å². The Morgan fingerprint density at radius 3 is 2.41 bits per heavy atom. The third-order valence-electron chi connectivity index (χ3n) is 3.71. The van der Waals surface area contributed by atoms with Crippen LogP contribution in [0.3, 0.4) is 0 Å². The van der Waals surface area contributed by atoms with Crippen LogP contribution in [0.4, 0.5) is 8.78 Å². The van der Waals surface area contributed by atoms with Gasteiger partial charge < -0.3 is 0 Å². The van der Waals surface area contributed by atoms with Crippen LogP contribution in [0.5, 0.6) is 0 Å². The molecular weight excluding hydrogens is 394 g/mol. The summed E-state index contributed by atoms with van der Waals surface area (Å²) in [5.41, 5.74) is 0.215. The largest absolute Gasteiger partial charge is 0.286 e. The number of benzene rings is 2. The Balaban J connectivity index is 1.98. The highest BCUT2D eigenvalue weighted by molar-refractivity contribution is 8.19. The van der Waals surface area contributed by atoms with Gasteiger partial charge in [0.25, 0.3) is 15.9 Å². The second-order valence-corrected chi connectivity index (χ2v) is 8.10. The highest BCUT2D eigenvalue weighted by Crippen LogP contribution is 2.33. The number of hydrogen-bond acceptors (Lipinski definition) is 4. The summed E-state index contributed by atoms with van der Waals surface area (Å²) < 4.78 is 55.5. The first-order valence-corrected chi connectivity index (χ1v) is 10.1. The van der Waals surface area contributed by atoms with E-state index in [2.05, 4.69) is 4.40 Å². The van der Waals surface area contributed by atoms with Crippen LogP contribution in [0.2, 0.25) is 0 Å². The van der Waals surface area contributed by atoms with Crippen LogP contribution in [0.25, 0.3) is 6.08 Å². The second-order valence-electron chi connectivity index (χ2n) is 5.48. The second kappa shape index (κ2) is 7.61. The summed E-state index contributed by atoms with van der Waals surface area (Å²) in [7, 11) is -4.13. The van der Waals surface area contributed by atoms with Crippen molar-refractivity contribution >= 4 is 38.9 Å². The summed E-state index contributed by atoms with van der Waals surface area (Å²) in [5.74, 6) is -1.53. The first-order valence-electron chi connectivity index (χ1n) is 7.88. The van der Waals surface area contributed by atoms with Gasteiger partial charge in [0, 0.05) is 12.1 Å². The summed E-state index contributed by atoms with van der Waals surface area (Å²) >= 11 is 0.847. The molecule has 1 aliphatic rings. The van der Waals surface area contributed by atoms with E-state index in [1.165, 1.54) is 29.2 Å². The zero-order chi connectivity index (χ0) is 19.6. The van der Waals surface area contributed by atoms with Gasteiger partial charge in [0.1, 0.15) is 11.6 Å². The van der Waals surface area contributed by atoms with E-state index >= 15 is 0 Å². The Morgan fingerprint density at radius 2 is 1.78 bits per heavy atom. The van der Waals surface area contributed by atoms with Crippen molar-refractivity contribution in [1.29, 1.82) is 0 Å². The molecule has 1 aliphatic heterocycles. The lowest BCUT2D eigenvalue weighted by Crippen LogP contribution is -2.29. The van der Waals surface area contributed by atoms with Gasteiger partial charge in [-0.05, 0) is 55.1 Å². The Hall–Kier alpha value is -2.52. The number of likely N-dealkylation sites (N-methyl/N-ethyl adjacent to an activating group) is 1. The van der Waals surface area contributed by atoms with Gasteiger partial charge in [-0.2, -0.15) is 8.42 Å². The summed E-state index contributed by atoms with van der Waals surface area (Å²) in [4.78, 5) is 13.7. The first kappa shape index (κ1) is 19.2. The van der Waals surface area contributed by atoms with E-state index in [0.717, 1.165) is 36.0 Å². The van der Waals surface area contributed by atoms with Crippen molar-refractivity contribution in [2.75, 3.05) is 6.54 Å². The smallest absolute Gasteiger partial charge is 0.284 e. The van der Waals surface area contributed by atoms with E-state index < -0.39 is 27.6 Å². The molecule has 140 valence electrons. The molecule has 27 heavy (non-hydrogen) atoms. The molecule has 0 aliphatic carbocycles. The number of thioether (sulfide) groups is 1. The average Bonchev–Trinajstić information content (AvgIpc) is 2.91. The number of carbonyl (C=O) groups excluding carboxylic acids is 1. The van der Waals surface area contributed by atoms with Crippen LogP contribution < -0.4 is 0 Å². The molecule has 1 amide bonds. The van der Waals surface area contributed by atoms with Crippen molar-refractivity contribution in [3.8, 4) is 0 Å². The number of rotatable bonds is 4. The SMILES string of the molecule is CCN1C(=O)/C(=C/c2ccccc2F)S/C1=N/S(=O)(=O)c1ccc(F)cc1. The monoisotopic (exact) mass is 408 g/mol. The van der Waals surface area contributed by atoms with Crippen molar-refractivity contribution in [2.24, 2.45) is 4.40 Å². The lowest BCUT2D eigenvalue weighted by Gasteiger charge is -2.11. The van der Waals surface area contributed by atoms with Gasteiger partial charge in [-0.1, -0.05) is 18.2 Å². The molecule has 1 saturated heterocycles. The molecular formula is C18H14F2N2O3S2. The predicted molar refractivity (Wildman–Crippen MR) is 100 cm³/mol. The minimum atomic E-state index is -4.13. The molecule has 0 spiro atoms. The fourth-order valence-electron chi connectivity index (χ4n) is 2.35. The van der Waals surface area contributed by atoms with Crippen LogP contribution in [-0.4, -0.2) is 30.9 Å². The summed E-state index contributed by atoms with van der Waals surface area (Å²) in [6.45, 7) is 1.86. The number of carbonyl (C=O) groups is 1. The number of halogens is 2. The van der Waals surface area contributed by atoms with E-state index in [4.69, 9.17) is 0 Å². The molecule has 0 aromatic heterocycles. The predicted octanol–water partition coefficient (Wildman–Crippen LogP) is 3.65. The van der Waals surface area contributed by atoms with Crippen molar-refractivity contribution in [2.45, 2.75) is 11.8 Å². The minimum absolute atomic E-state index is 0.0329. The Bertz CT molecular complexity index is 1050. The maximum atomic E-state index is 13.8. The molecule has 0 atom stereocenters.